The number of hydrogen-bond acceptors (Lipinski definition) is 2. The summed E-state index contributed by atoms with van der Waals surface area (Å²) in [7, 11) is 0. The van der Waals surface area contributed by atoms with Gasteiger partial charge in [0.25, 0.3) is 0 Å². The lowest BCUT2D eigenvalue weighted by molar-refractivity contribution is 1.05. The van der Waals surface area contributed by atoms with E-state index in [0.29, 0.717) is 5.82 Å². The minimum Gasteiger partial charge on any atom is -0.293 e. The maximum absolute atomic E-state index is 5.44. The smallest absolute Gasteiger partial charge is 0.162 e. The molecule has 0 saturated carbocycles. The van der Waals surface area contributed by atoms with Gasteiger partial charge in [0.15, 0.2) is 5.82 Å². The highest BCUT2D eigenvalue weighted by molar-refractivity contribution is 6.26. The third kappa shape index (κ3) is 5.70. The van der Waals surface area contributed by atoms with E-state index >= 15 is 0 Å². The van der Waals surface area contributed by atoms with Crippen molar-refractivity contribution >= 4 is 21.8 Å². The Hall–Kier alpha value is -7.36. The van der Waals surface area contributed by atoms with E-state index in [9.17, 15) is 0 Å². The van der Waals surface area contributed by atoms with Gasteiger partial charge >= 0.3 is 0 Å². The summed E-state index contributed by atoms with van der Waals surface area (Å²) < 4.78 is 2.39. The van der Waals surface area contributed by atoms with Crippen LogP contribution < -0.4 is 0 Å². The zero-order chi connectivity index (χ0) is 36.6. The lowest BCUT2D eigenvalue weighted by Gasteiger charge is -2.24. The molecule has 8 aromatic carbocycles. The Kier molecular flexibility index (Phi) is 8.16. The van der Waals surface area contributed by atoms with Crippen LogP contribution in [0.4, 0.5) is 0 Å². The number of benzene rings is 8. The molecule has 2 heterocycles. The topological polar surface area (TPSA) is 30.7 Å². The minimum atomic E-state index is 0.677. The SMILES string of the molecule is c1ccc(-c2cc(-n3c4ccccc4c4c(-c5ccccc5)c(-c5ccccc5)c(-c5ccccc5)c(-c5ccccc5)c43)nc(-c3ccccc3)n2)cc1. The van der Waals surface area contributed by atoms with Crippen molar-refractivity contribution in [3.05, 3.63) is 212 Å². The normalized spacial score (nSPS) is 11.3. The van der Waals surface area contributed by atoms with E-state index < -0.39 is 0 Å². The van der Waals surface area contributed by atoms with Crippen LogP contribution >= 0.6 is 0 Å². The zero-order valence-corrected chi connectivity index (χ0v) is 30.0. The van der Waals surface area contributed by atoms with Crippen LogP contribution in [-0.4, -0.2) is 14.5 Å². The van der Waals surface area contributed by atoms with Gasteiger partial charge in [-0.3, -0.25) is 4.57 Å². The van der Waals surface area contributed by atoms with Crippen LogP contribution in [0.5, 0.6) is 0 Å². The van der Waals surface area contributed by atoms with E-state index in [1.165, 1.54) is 22.1 Å². The lowest BCUT2D eigenvalue weighted by Crippen LogP contribution is -2.04. The number of aromatic nitrogens is 3. The molecule has 258 valence electrons. The molecule has 0 N–H and O–H groups in total. The maximum atomic E-state index is 5.44. The molecule has 3 heteroatoms. The first kappa shape index (κ1) is 32.3. The quantitative estimate of drug-likeness (QED) is 0.166. The van der Waals surface area contributed by atoms with Gasteiger partial charge in [0.1, 0.15) is 5.82 Å². The molecule has 0 bridgehead atoms. The third-order valence-corrected chi connectivity index (χ3v) is 10.4. The Labute approximate surface area is 320 Å². The minimum absolute atomic E-state index is 0.677. The highest BCUT2D eigenvalue weighted by atomic mass is 15.1. The fraction of sp³-hybridized carbons (Fsp3) is 0. The molecule has 0 aliphatic rings. The molecule has 0 aliphatic carbocycles. The fourth-order valence-corrected chi connectivity index (χ4v) is 8.05. The highest BCUT2D eigenvalue weighted by Crippen LogP contribution is 2.53. The second kappa shape index (κ2) is 13.9. The first-order valence-electron chi connectivity index (χ1n) is 18.7. The van der Waals surface area contributed by atoms with Crippen molar-refractivity contribution in [3.8, 4) is 73.0 Å². The Morgan fingerprint density at radius 3 is 1.25 bits per heavy atom. The van der Waals surface area contributed by atoms with Crippen LogP contribution in [0.15, 0.2) is 212 Å². The second-order valence-electron chi connectivity index (χ2n) is 13.7. The molecule has 10 aromatic rings. The van der Waals surface area contributed by atoms with Crippen LogP contribution in [0.3, 0.4) is 0 Å². The molecular weight excluding hydrogens is 667 g/mol. The summed E-state index contributed by atoms with van der Waals surface area (Å²) in [4.78, 5) is 10.6. The molecule has 0 atom stereocenters. The number of nitrogens with zero attached hydrogens (tertiary/aromatic N) is 3. The number of para-hydroxylation sites is 1. The predicted octanol–water partition coefficient (Wildman–Crippen LogP) is 13.6. The van der Waals surface area contributed by atoms with Gasteiger partial charge in [-0.1, -0.05) is 200 Å². The van der Waals surface area contributed by atoms with Gasteiger partial charge in [0.05, 0.1) is 16.7 Å². The monoisotopic (exact) mass is 701 g/mol. The summed E-state index contributed by atoms with van der Waals surface area (Å²) >= 11 is 0. The van der Waals surface area contributed by atoms with Gasteiger partial charge in [-0.25, -0.2) is 9.97 Å². The van der Waals surface area contributed by atoms with E-state index in [4.69, 9.17) is 9.97 Å². The van der Waals surface area contributed by atoms with Crippen LogP contribution in [0.25, 0.3) is 94.8 Å². The molecule has 0 saturated heterocycles. The molecule has 3 nitrogen and oxygen atoms in total. The van der Waals surface area contributed by atoms with Crippen molar-refractivity contribution in [2.24, 2.45) is 0 Å². The molecule has 0 radical (unpaired) electrons. The van der Waals surface area contributed by atoms with E-state index in [2.05, 4.69) is 193 Å². The van der Waals surface area contributed by atoms with Crippen LogP contribution in [0.2, 0.25) is 0 Å². The van der Waals surface area contributed by atoms with Gasteiger partial charge in [0.2, 0.25) is 0 Å². The van der Waals surface area contributed by atoms with Gasteiger partial charge in [-0.05, 0) is 33.9 Å². The van der Waals surface area contributed by atoms with Crippen LogP contribution in [0.1, 0.15) is 0 Å². The largest absolute Gasteiger partial charge is 0.293 e. The van der Waals surface area contributed by atoms with Gasteiger partial charge in [-0.2, -0.15) is 0 Å². The molecule has 2 aromatic heterocycles. The average Bonchev–Trinajstić information content (AvgIpc) is 3.62. The van der Waals surface area contributed by atoms with E-state index in [0.717, 1.165) is 66.9 Å². The van der Waals surface area contributed by atoms with Crippen molar-refractivity contribution in [1.29, 1.82) is 0 Å². The maximum Gasteiger partial charge on any atom is 0.162 e. The van der Waals surface area contributed by atoms with Crippen molar-refractivity contribution in [2.45, 2.75) is 0 Å². The fourth-order valence-electron chi connectivity index (χ4n) is 8.05. The van der Waals surface area contributed by atoms with Crippen LogP contribution in [-0.2, 0) is 0 Å². The summed E-state index contributed by atoms with van der Waals surface area (Å²) in [5, 5.41) is 2.34. The van der Waals surface area contributed by atoms with E-state index in [-0.39, 0.29) is 0 Å². The molecule has 55 heavy (non-hydrogen) atoms. The Morgan fingerprint density at radius 1 is 0.327 bits per heavy atom. The Bertz CT molecular complexity index is 2860. The summed E-state index contributed by atoms with van der Waals surface area (Å²) in [6, 6.07) is 75.1. The van der Waals surface area contributed by atoms with Crippen molar-refractivity contribution < 1.29 is 0 Å². The highest BCUT2D eigenvalue weighted by Gasteiger charge is 2.29. The number of fused-ring (bicyclic) bond motifs is 3. The third-order valence-electron chi connectivity index (χ3n) is 10.4. The first-order chi connectivity index (χ1) is 27.3. The van der Waals surface area contributed by atoms with Crippen molar-refractivity contribution in [2.75, 3.05) is 0 Å². The molecule has 0 unspecified atom stereocenters. The summed E-state index contributed by atoms with van der Waals surface area (Å²) in [6.45, 7) is 0. The molecule has 0 spiro atoms. The standard InChI is InChI=1S/C52H35N3/c1-7-21-36(22-8-1)43-35-45(54-52(53-43)41-31-17-6-18-32-41)55-44-34-20-19-33-42(44)50-48(39-27-13-4-14-28-39)46(37-23-9-2-10-24-37)47(38-25-11-3-12-26-38)49(51(50)55)40-29-15-5-16-30-40/h1-35H. The molecule has 10 rings (SSSR count). The van der Waals surface area contributed by atoms with Gasteiger partial charge < -0.3 is 0 Å². The molecule has 0 amide bonds. The number of rotatable bonds is 7. The summed E-state index contributed by atoms with van der Waals surface area (Å²) in [5.41, 5.74) is 14.4. The molecule has 0 aliphatic heterocycles. The Morgan fingerprint density at radius 2 is 0.727 bits per heavy atom. The second-order valence-corrected chi connectivity index (χ2v) is 13.7. The average molecular weight is 702 g/mol. The van der Waals surface area contributed by atoms with E-state index in [1.54, 1.807) is 0 Å². The van der Waals surface area contributed by atoms with Crippen molar-refractivity contribution in [1.82, 2.24) is 14.5 Å². The molecular formula is C52H35N3. The predicted molar refractivity (Wildman–Crippen MR) is 229 cm³/mol. The zero-order valence-electron chi connectivity index (χ0n) is 30.0. The summed E-state index contributed by atoms with van der Waals surface area (Å²) in [6.07, 6.45) is 0. The van der Waals surface area contributed by atoms with Gasteiger partial charge in [-0.15, -0.1) is 0 Å². The first-order valence-corrected chi connectivity index (χ1v) is 18.7. The Balaban J connectivity index is 1.47. The van der Waals surface area contributed by atoms with Crippen molar-refractivity contribution in [3.63, 3.8) is 0 Å². The lowest BCUT2D eigenvalue weighted by atomic mass is 9.80. The summed E-state index contributed by atoms with van der Waals surface area (Å²) in [5.74, 6) is 1.48. The number of hydrogen-bond donors (Lipinski definition) is 0. The molecule has 0 fully saturated rings. The van der Waals surface area contributed by atoms with Crippen LogP contribution in [0, 0.1) is 0 Å². The van der Waals surface area contributed by atoms with Gasteiger partial charge in [0, 0.05) is 44.7 Å². The van der Waals surface area contributed by atoms with E-state index in [1.807, 2.05) is 24.3 Å².